The largest absolute Gasteiger partial charge is 0.444 e. The maximum Gasteiger partial charge on any atom is 0.410 e. The van der Waals surface area contributed by atoms with Crippen LogP contribution in [0.1, 0.15) is 104 Å². The highest BCUT2D eigenvalue weighted by atomic mass is 16.7. The summed E-state index contributed by atoms with van der Waals surface area (Å²) < 4.78 is 23.7. The first-order valence-electron chi connectivity index (χ1n) is 13.3. The van der Waals surface area contributed by atoms with Crippen molar-refractivity contribution in [3.05, 3.63) is 11.7 Å². The molecule has 0 aromatic carbocycles. The molecule has 5 aliphatic rings. The molecule has 0 radical (unpaired) electrons. The minimum absolute atomic E-state index is 0.0244. The van der Waals surface area contributed by atoms with Crippen molar-refractivity contribution in [1.29, 1.82) is 0 Å². The van der Waals surface area contributed by atoms with Crippen LogP contribution in [0.3, 0.4) is 0 Å². The summed E-state index contributed by atoms with van der Waals surface area (Å²) in [6, 6.07) is -0.223. The van der Waals surface area contributed by atoms with Gasteiger partial charge in [0.05, 0.1) is 11.5 Å². The molecular formula is C26H41N3O5. The van der Waals surface area contributed by atoms with Crippen molar-refractivity contribution in [2.45, 2.75) is 115 Å². The molecule has 4 aliphatic carbocycles. The number of carbonyl (C=O) groups is 1. The van der Waals surface area contributed by atoms with Gasteiger partial charge >= 0.3 is 6.09 Å². The quantitative estimate of drug-likeness (QED) is 0.490. The number of hydrogen-bond acceptors (Lipinski definition) is 7. The van der Waals surface area contributed by atoms with E-state index in [0.29, 0.717) is 19.0 Å². The van der Waals surface area contributed by atoms with Gasteiger partial charge in [0.2, 0.25) is 11.7 Å². The van der Waals surface area contributed by atoms with E-state index >= 15 is 0 Å². The zero-order valence-corrected chi connectivity index (χ0v) is 21.4. The van der Waals surface area contributed by atoms with Crippen molar-refractivity contribution in [3.8, 4) is 0 Å². The van der Waals surface area contributed by atoms with Crippen LogP contribution >= 0.6 is 0 Å². The molecule has 0 spiro atoms. The summed E-state index contributed by atoms with van der Waals surface area (Å²) in [4.78, 5) is 19.8. The SMILES string of the molecule is CCO[C@H](C)OC(c1noc(C23CC4CC(CC(C4)C2)C3)n1)C1CCCN1C(=O)OC(C)(C)C. The van der Waals surface area contributed by atoms with Crippen LogP contribution in [0.25, 0.3) is 0 Å². The normalized spacial score (nSPS) is 34.4. The van der Waals surface area contributed by atoms with E-state index in [2.05, 4.69) is 5.16 Å². The number of amides is 1. The third-order valence-electron chi connectivity index (χ3n) is 8.20. The molecule has 5 fully saturated rings. The molecule has 190 valence electrons. The number of ether oxygens (including phenoxy) is 3. The second-order valence-electron chi connectivity index (χ2n) is 12.1. The van der Waals surface area contributed by atoms with Crippen LogP contribution in [0.15, 0.2) is 4.52 Å². The third-order valence-corrected chi connectivity index (χ3v) is 8.20. The highest BCUT2D eigenvalue weighted by Crippen LogP contribution is 2.60. The number of rotatable bonds is 7. The van der Waals surface area contributed by atoms with E-state index < -0.39 is 18.0 Å². The minimum Gasteiger partial charge on any atom is -0.444 e. The van der Waals surface area contributed by atoms with Gasteiger partial charge in [-0.15, -0.1) is 0 Å². The summed E-state index contributed by atoms with van der Waals surface area (Å²) in [5.74, 6) is 3.69. The van der Waals surface area contributed by atoms with Gasteiger partial charge in [0.15, 0.2) is 6.29 Å². The average molecular weight is 476 g/mol. The van der Waals surface area contributed by atoms with Gasteiger partial charge in [-0.2, -0.15) is 4.98 Å². The van der Waals surface area contributed by atoms with Crippen molar-refractivity contribution in [3.63, 3.8) is 0 Å². The summed E-state index contributed by atoms with van der Waals surface area (Å²) in [6.45, 7) is 10.6. The van der Waals surface area contributed by atoms with Crippen molar-refractivity contribution < 1.29 is 23.5 Å². The van der Waals surface area contributed by atoms with Crippen LogP contribution in [-0.4, -0.2) is 52.2 Å². The van der Waals surface area contributed by atoms with Crippen molar-refractivity contribution in [2.75, 3.05) is 13.2 Å². The molecule has 2 heterocycles. The molecule has 8 heteroatoms. The van der Waals surface area contributed by atoms with Crippen LogP contribution < -0.4 is 0 Å². The van der Waals surface area contributed by atoms with Crippen molar-refractivity contribution in [2.24, 2.45) is 17.8 Å². The Bertz CT molecular complexity index is 843. The number of carbonyl (C=O) groups excluding carboxylic acids is 1. The van der Waals surface area contributed by atoms with E-state index in [4.69, 9.17) is 23.7 Å². The Hall–Kier alpha value is -1.67. The lowest BCUT2D eigenvalue weighted by Gasteiger charge is -2.55. The molecule has 1 aliphatic heterocycles. The highest BCUT2D eigenvalue weighted by Gasteiger charge is 2.55. The Morgan fingerprint density at radius 2 is 1.82 bits per heavy atom. The first-order valence-corrected chi connectivity index (χ1v) is 13.3. The van der Waals surface area contributed by atoms with Gasteiger partial charge in [-0.25, -0.2) is 4.79 Å². The molecule has 4 bridgehead atoms. The van der Waals surface area contributed by atoms with Gasteiger partial charge in [-0.3, -0.25) is 0 Å². The fourth-order valence-electron chi connectivity index (χ4n) is 7.40. The van der Waals surface area contributed by atoms with Crippen molar-refractivity contribution in [1.82, 2.24) is 15.0 Å². The number of likely N-dealkylation sites (tertiary alicyclic amines) is 1. The maximum atomic E-state index is 13.0. The van der Waals surface area contributed by atoms with Crippen LogP contribution in [0.2, 0.25) is 0 Å². The highest BCUT2D eigenvalue weighted by molar-refractivity contribution is 5.69. The summed E-state index contributed by atoms with van der Waals surface area (Å²) in [5, 5.41) is 4.45. The van der Waals surface area contributed by atoms with Gasteiger partial charge in [-0.05, 0) is 104 Å². The predicted octanol–water partition coefficient (Wildman–Crippen LogP) is 5.38. The lowest BCUT2D eigenvalue weighted by molar-refractivity contribution is -0.174. The maximum absolute atomic E-state index is 13.0. The van der Waals surface area contributed by atoms with Gasteiger partial charge in [0, 0.05) is 13.2 Å². The van der Waals surface area contributed by atoms with E-state index in [0.717, 1.165) is 55.7 Å². The average Bonchev–Trinajstić information content (AvgIpc) is 3.40. The second kappa shape index (κ2) is 9.08. The van der Waals surface area contributed by atoms with Crippen LogP contribution in [0.5, 0.6) is 0 Å². The first kappa shape index (κ1) is 24.0. The molecule has 3 atom stereocenters. The van der Waals surface area contributed by atoms with E-state index in [9.17, 15) is 4.79 Å². The van der Waals surface area contributed by atoms with Crippen LogP contribution in [-0.2, 0) is 19.6 Å². The standard InChI is InChI=1S/C26H41N3O5/c1-6-31-16(2)32-21(20-8-7-9-29(20)24(30)33-25(3,4)5)22-27-23(34-28-22)26-13-17-10-18(14-26)12-19(11-17)15-26/h16-21H,6-15H2,1-5H3/t16-,17?,18?,19?,20?,21?,26?/m0/s1. The topological polar surface area (TPSA) is 86.9 Å². The fraction of sp³-hybridized carbons (Fsp3) is 0.885. The number of nitrogens with zero attached hydrogens (tertiary/aromatic N) is 3. The van der Waals surface area contributed by atoms with Crippen molar-refractivity contribution >= 4 is 6.09 Å². The molecule has 1 amide bonds. The molecule has 8 nitrogen and oxygen atoms in total. The van der Waals surface area contributed by atoms with E-state index in [1.807, 2.05) is 34.6 Å². The fourth-order valence-corrected chi connectivity index (χ4v) is 7.40. The summed E-state index contributed by atoms with van der Waals surface area (Å²) in [6.07, 6.45) is 7.97. The molecular weight excluding hydrogens is 434 g/mol. The zero-order valence-electron chi connectivity index (χ0n) is 21.4. The van der Waals surface area contributed by atoms with Gasteiger partial charge in [0.25, 0.3) is 0 Å². The Labute approximate surface area is 203 Å². The van der Waals surface area contributed by atoms with Crippen LogP contribution in [0.4, 0.5) is 4.79 Å². The molecule has 1 aromatic rings. The Kier molecular flexibility index (Phi) is 6.42. The third kappa shape index (κ3) is 4.72. The minimum atomic E-state index is -0.559. The monoisotopic (exact) mass is 475 g/mol. The van der Waals surface area contributed by atoms with E-state index in [-0.39, 0.29) is 17.6 Å². The molecule has 4 saturated carbocycles. The molecule has 6 rings (SSSR count). The lowest BCUT2D eigenvalue weighted by Crippen LogP contribution is -2.48. The number of hydrogen-bond donors (Lipinski definition) is 0. The summed E-state index contributed by atoms with van der Waals surface area (Å²) >= 11 is 0. The van der Waals surface area contributed by atoms with E-state index in [1.165, 1.54) is 19.3 Å². The van der Waals surface area contributed by atoms with Gasteiger partial charge < -0.3 is 23.6 Å². The predicted molar refractivity (Wildman–Crippen MR) is 125 cm³/mol. The smallest absolute Gasteiger partial charge is 0.410 e. The Morgan fingerprint density at radius 1 is 1.18 bits per heavy atom. The first-order chi connectivity index (χ1) is 16.2. The summed E-state index contributed by atoms with van der Waals surface area (Å²) in [5.41, 5.74) is -0.534. The Morgan fingerprint density at radius 3 is 2.41 bits per heavy atom. The van der Waals surface area contributed by atoms with Crippen LogP contribution in [0, 0.1) is 17.8 Å². The Balaban J connectivity index is 1.41. The lowest BCUT2D eigenvalue weighted by atomic mass is 9.49. The van der Waals surface area contributed by atoms with E-state index in [1.54, 1.807) is 4.90 Å². The number of aromatic nitrogens is 2. The molecule has 1 aromatic heterocycles. The molecule has 2 unspecified atom stereocenters. The summed E-state index contributed by atoms with van der Waals surface area (Å²) in [7, 11) is 0. The van der Waals surface area contributed by atoms with Gasteiger partial charge in [-0.1, -0.05) is 5.16 Å². The second-order valence-corrected chi connectivity index (χ2v) is 12.1. The molecule has 34 heavy (non-hydrogen) atoms. The molecule has 1 saturated heterocycles. The zero-order chi connectivity index (χ0) is 24.1. The molecule has 0 N–H and O–H groups in total. The van der Waals surface area contributed by atoms with Gasteiger partial charge in [0.1, 0.15) is 11.7 Å².